The van der Waals surface area contributed by atoms with E-state index in [4.69, 9.17) is 14.4 Å². The summed E-state index contributed by atoms with van der Waals surface area (Å²) in [4.78, 5) is 16.5. The summed E-state index contributed by atoms with van der Waals surface area (Å²) in [6, 6.07) is 13.4. The molecule has 1 aliphatic carbocycles. The first-order valence-corrected chi connectivity index (χ1v) is 11.3. The maximum Gasteiger partial charge on any atom is 0.258 e. The normalized spacial score (nSPS) is 14.6. The third kappa shape index (κ3) is 5.09. The first kappa shape index (κ1) is 23.4. The summed E-state index contributed by atoms with van der Waals surface area (Å²) >= 11 is 0. The van der Waals surface area contributed by atoms with Crippen LogP contribution in [0.4, 0.5) is 0 Å². The molecule has 0 aliphatic heterocycles. The summed E-state index contributed by atoms with van der Waals surface area (Å²) in [7, 11) is 0. The van der Waals surface area contributed by atoms with Crippen LogP contribution in [0.1, 0.15) is 43.0 Å². The Balaban J connectivity index is 1.53. The molecule has 3 aromatic rings. The zero-order valence-corrected chi connectivity index (χ0v) is 19.2. The molecule has 2 aromatic carbocycles. The molecule has 0 radical (unpaired) electrons. The van der Waals surface area contributed by atoms with Gasteiger partial charge in [0, 0.05) is 23.7 Å². The van der Waals surface area contributed by atoms with Gasteiger partial charge in [0.1, 0.15) is 11.8 Å². The van der Waals surface area contributed by atoms with Crippen molar-refractivity contribution < 1.29 is 19.2 Å². The number of amides is 1. The van der Waals surface area contributed by atoms with Gasteiger partial charge in [0.05, 0.1) is 24.8 Å². The second-order valence-electron chi connectivity index (χ2n) is 8.33. The van der Waals surface area contributed by atoms with Crippen molar-refractivity contribution in [2.45, 2.75) is 38.8 Å². The van der Waals surface area contributed by atoms with Crippen LogP contribution >= 0.6 is 0 Å². The molecule has 1 heterocycles. The van der Waals surface area contributed by atoms with Crippen molar-refractivity contribution in [3.05, 3.63) is 53.1 Å². The lowest BCUT2D eigenvalue weighted by atomic mass is 10.0. The number of aromatic nitrogens is 2. The van der Waals surface area contributed by atoms with Gasteiger partial charge in [-0.1, -0.05) is 23.4 Å². The van der Waals surface area contributed by atoms with Crippen LogP contribution < -0.4 is 15.4 Å². The first-order valence-electron chi connectivity index (χ1n) is 11.3. The van der Waals surface area contributed by atoms with E-state index in [9.17, 15) is 10.1 Å². The number of aliphatic hydroxyl groups excluding tert-OH is 1. The predicted molar refractivity (Wildman–Crippen MR) is 125 cm³/mol. The van der Waals surface area contributed by atoms with Crippen LogP contribution in [0.25, 0.3) is 22.8 Å². The van der Waals surface area contributed by atoms with Crippen LogP contribution in [-0.4, -0.2) is 47.0 Å². The van der Waals surface area contributed by atoms with Crippen molar-refractivity contribution in [1.82, 2.24) is 20.8 Å². The molecule has 1 amide bonds. The van der Waals surface area contributed by atoms with Gasteiger partial charge in [-0.05, 0) is 56.0 Å². The number of rotatable bonds is 9. The van der Waals surface area contributed by atoms with Crippen molar-refractivity contribution in [2.24, 2.45) is 0 Å². The van der Waals surface area contributed by atoms with Gasteiger partial charge in [-0.2, -0.15) is 10.2 Å². The second-order valence-corrected chi connectivity index (χ2v) is 8.33. The topological polar surface area (TPSA) is 133 Å². The molecule has 1 aliphatic rings. The minimum atomic E-state index is -0.150. The maximum absolute atomic E-state index is 11.9. The number of nitriles is 1. The summed E-state index contributed by atoms with van der Waals surface area (Å²) in [5.41, 5.74) is 4.18. The van der Waals surface area contributed by atoms with Crippen LogP contribution in [-0.2, 0) is 11.2 Å². The van der Waals surface area contributed by atoms with Gasteiger partial charge in [0.15, 0.2) is 0 Å². The van der Waals surface area contributed by atoms with E-state index in [1.54, 1.807) is 18.2 Å². The fraction of sp³-hybridized carbons (Fsp3) is 0.360. The monoisotopic (exact) mass is 461 g/mol. The molecule has 0 bridgehead atoms. The van der Waals surface area contributed by atoms with Crippen LogP contribution in [0.15, 0.2) is 40.9 Å². The van der Waals surface area contributed by atoms with Crippen LogP contribution in [0, 0.1) is 11.3 Å². The fourth-order valence-electron chi connectivity index (χ4n) is 4.11. The number of ether oxygens (including phenoxy) is 1. The van der Waals surface area contributed by atoms with Gasteiger partial charge in [0.25, 0.3) is 5.89 Å². The van der Waals surface area contributed by atoms with Crippen molar-refractivity contribution in [2.75, 3.05) is 19.7 Å². The molecule has 0 spiro atoms. The summed E-state index contributed by atoms with van der Waals surface area (Å²) < 4.78 is 11.2. The molecule has 9 heteroatoms. The fourth-order valence-corrected chi connectivity index (χ4v) is 4.11. The molecule has 0 saturated heterocycles. The Hall–Kier alpha value is -3.74. The minimum absolute atomic E-state index is 0.0404. The highest BCUT2D eigenvalue weighted by atomic mass is 16.5. The number of carbonyl (C=O) groups is 1. The van der Waals surface area contributed by atoms with Crippen molar-refractivity contribution in [3.8, 4) is 34.7 Å². The molecule has 176 valence electrons. The van der Waals surface area contributed by atoms with Gasteiger partial charge < -0.3 is 25.0 Å². The third-order valence-electron chi connectivity index (χ3n) is 5.59. The molecule has 1 aromatic heterocycles. The lowest BCUT2D eigenvalue weighted by Crippen LogP contribution is -2.36. The lowest BCUT2D eigenvalue weighted by molar-refractivity contribution is -0.120. The largest absolute Gasteiger partial charge is 0.490 e. The highest BCUT2D eigenvalue weighted by molar-refractivity contribution is 5.78. The van der Waals surface area contributed by atoms with E-state index in [0.717, 1.165) is 29.5 Å². The highest BCUT2D eigenvalue weighted by Gasteiger charge is 2.27. The average Bonchev–Trinajstić information content (AvgIpc) is 3.49. The number of nitrogens with one attached hydrogen (secondary N) is 2. The van der Waals surface area contributed by atoms with E-state index in [-0.39, 0.29) is 37.7 Å². The summed E-state index contributed by atoms with van der Waals surface area (Å²) in [6.45, 7) is 4.16. The number of fused-ring (bicyclic) bond motifs is 1. The molecule has 3 N–H and O–H groups in total. The van der Waals surface area contributed by atoms with Crippen LogP contribution in [0.2, 0.25) is 0 Å². The number of hydrogen-bond acceptors (Lipinski definition) is 8. The number of aliphatic hydroxyl groups is 1. The zero-order chi connectivity index (χ0) is 24.1. The number of carbonyl (C=O) groups excluding carboxylic acids is 1. The van der Waals surface area contributed by atoms with Gasteiger partial charge >= 0.3 is 0 Å². The van der Waals surface area contributed by atoms with Crippen LogP contribution in [0.5, 0.6) is 5.75 Å². The molecular formula is C25H27N5O4. The third-order valence-corrected chi connectivity index (χ3v) is 5.59. The standard InChI is InChI=1S/C25H27N5O4/c1-15(2)33-22-9-6-16(12-17(22)13-26)25-29-24(30-34-25)20-5-3-4-19-18(20)7-8-21(19)28-14-23(32)27-10-11-31/h3-6,9,12,15,21,28,31H,7-8,10-11,14H2,1-2H3,(H,27,32). The SMILES string of the molecule is CC(C)Oc1ccc(-c2nc(-c3cccc4c3CCC4NCC(=O)NCCO)no2)cc1C#N. The Morgan fingerprint density at radius 1 is 1.35 bits per heavy atom. The zero-order valence-electron chi connectivity index (χ0n) is 19.2. The van der Waals surface area contributed by atoms with Crippen molar-refractivity contribution in [3.63, 3.8) is 0 Å². The van der Waals surface area contributed by atoms with Crippen LogP contribution in [0.3, 0.4) is 0 Å². The first-order chi connectivity index (χ1) is 16.5. The minimum Gasteiger partial charge on any atom is -0.490 e. The van der Waals surface area contributed by atoms with E-state index in [1.807, 2.05) is 32.0 Å². The highest BCUT2D eigenvalue weighted by Crippen LogP contribution is 2.37. The van der Waals surface area contributed by atoms with Gasteiger partial charge in [-0.3, -0.25) is 4.79 Å². The molecule has 9 nitrogen and oxygen atoms in total. The Morgan fingerprint density at radius 2 is 2.21 bits per heavy atom. The van der Waals surface area contributed by atoms with E-state index in [1.165, 1.54) is 0 Å². The Kier molecular flexibility index (Phi) is 7.21. The average molecular weight is 462 g/mol. The molecule has 0 fully saturated rings. The summed E-state index contributed by atoms with van der Waals surface area (Å²) in [5.74, 6) is 1.18. The molecular weight excluding hydrogens is 434 g/mol. The van der Waals surface area contributed by atoms with Gasteiger partial charge in [0.2, 0.25) is 11.7 Å². The van der Waals surface area contributed by atoms with Gasteiger partial charge in [-0.25, -0.2) is 0 Å². The van der Waals surface area contributed by atoms with Crippen molar-refractivity contribution in [1.29, 1.82) is 5.26 Å². The molecule has 1 atom stereocenters. The summed E-state index contributed by atoms with van der Waals surface area (Å²) in [6.07, 6.45) is 1.64. The second kappa shape index (κ2) is 10.5. The molecule has 34 heavy (non-hydrogen) atoms. The number of benzene rings is 2. The Morgan fingerprint density at radius 3 is 2.97 bits per heavy atom. The quantitative estimate of drug-likeness (QED) is 0.443. The predicted octanol–water partition coefficient (Wildman–Crippen LogP) is 2.75. The summed E-state index contributed by atoms with van der Waals surface area (Å²) in [5, 5.41) is 28.5. The number of hydrogen-bond donors (Lipinski definition) is 3. The van der Waals surface area contributed by atoms with Crippen molar-refractivity contribution >= 4 is 5.91 Å². The Labute approximate surface area is 197 Å². The van der Waals surface area contributed by atoms with Gasteiger partial charge in [-0.15, -0.1) is 0 Å². The van der Waals surface area contributed by atoms with E-state index >= 15 is 0 Å². The molecule has 4 rings (SSSR count). The van der Waals surface area contributed by atoms with E-state index in [0.29, 0.717) is 28.6 Å². The lowest BCUT2D eigenvalue weighted by Gasteiger charge is -2.14. The maximum atomic E-state index is 11.9. The Bertz CT molecular complexity index is 1210. The molecule has 0 saturated carbocycles. The number of nitrogens with zero attached hydrogens (tertiary/aromatic N) is 3. The molecule has 1 unspecified atom stereocenters. The van der Waals surface area contributed by atoms with E-state index < -0.39 is 0 Å². The smallest absolute Gasteiger partial charge is 0.258 e. The van der Waals surface area contributed by atoms with E-state index in [2.05, 4.69) is 26.8 Å².